The molecular formula is C14H10NO. The van der Waals surface area contributed by atoms with E-state index in [1.165, 1.54) is 0 Å². The average Bonchev–Trinajstić information content (AvgIpc) is 2.44. The van der Waals surface area contributed by atoms with Crippen LogP contribution < -0.4 is 5.32 Å². The highest BCUT2D eigenvalue weighted by atomic mass is 16.1. The minimum Gasteiger partial charge on any atom is -0.325 e. The summed E-state index contributed by atoms with van der Waals surface area (Å²) in [7, 11) is 0. The summed E-state index contributed by atoms with van der Waals surface area (Å²) in [4.78, 5) is 11.6. The van der Waals surface area contributed by atoms with Crippen molar-refractivity contribution in [2.75, 3.05) is 5.32 Å². The summed E-state index contributed by atoms with van der Waals surface area (Å²) in [5.74, 6) is -0.0719. The third-order valence-corrected chi connectivity index (χ3v) is 2.72. The number of para-hydroxylation sites is 1. The molecule has 1 heterocycles. The van der Waals surface area contributed by atoms with Gasteiger partial charge in [0.1, 0.15) is 0 Å². The van der Waals surface area contributed by atoms with E-state index in [4.69, 9.17) is 0 Å². The smallest absolute Gasteiger partial charge is 0.233 e. The Labute approximate surface area is 93.9 Å². The van der Waals surface area contributed by atoms with Gasteiger partial charge >= 0.3 is 0 Å². The Morgan fingerprint density at radius 2 is 1.50 bits per heavy atom. The number of hydrogen-bond acceptors (Lipinski definition) is 1. The predicted octanol–water partition coefficient (Wildman–Crippen LogP) is 2.86. The summed E-state index contributed by atoms with van der Waals surface area (Å²) in [6.07, 6.45) is 1.63. The van der Waals surface area contributed by atoms with Crippen molar-refractivity contribution < 1.29 is 4.79 Å². The normalized spacial score (nSPS) is 13.4. The predicted molar refractivity (Wildman–Crippen MR) is 63.9 cm³/mol. The number of anilines is 1. The maximum absolute atomic E-state index is 11.6. The second-order valence-electron chi connectivity index (χ2n) is 3.77. The van der Waals surface area contributed by atoms with Crippen LogP contribution in [0.2, 0.25) is 0 Å². The van der Waals surface area contributed by atoms with Gasteiger partial charge in [0.05, 0.1) is 6.42 Å². The molecular weight excluding hydrogens is 198 g/mol. The molecule has 16 heavy (non-hydrogen) atoms. The van der Waals surface area contributed by atoms with Crippen LogP contribution in [0.15, 0.2) is 48.5 Å². The van der Waals surface area contributed by atoms with Crippen molar-refractivity contribution in [2.24, 2.45) is 0 Å². The Hall–Kier alpha value is -2.09. The first-order valence-electron chi connectivity index (χ1n) is 5.19. The largest absolute Gasteiger partial charge is 0.325 e. The van der Waals surface area contributed by atoms with E-state index in [1.54, 1.807) is 6.42 Å². The van der Waals surface area contributed by atoms with Crippen molar-refractivity contribution in [2.45, 2.75) is 0 Å². The van der Waals surface area contributed by atoms with Crippen LogP contribution in [0.3, 0.4) is 0 Å². The molecule has 0 saturated heterocycles. The molecule has 2 heteroatoms. The summed E-state index contributed by atoms with van der Waals surface area (Å²) in [5.41, 5.74) is 4.00. The molecule has 2 nitrogen and oxygen atoms in total. The van der Waals surface area contributed by atoms with E-state index in [2.05, 4.69) is 5.32 Å². The van der Waals surface area contributed by atoms with Crippen LogP contribution >= 0.6 is 0 Å². The third-order valence-electron chi connectivity index (χ3n) is 2.72. The lowest BCUT2D eigenvalue weighted by atomic mass is 9.98. The zero-order valence-corrected chi connectivity index (χ0v) is 8.60. The average molecular weight is 208 g/mol. The van der Waals surface area contributed by atoms with Gasteiger partial charge in [0.2, 0.25) is 5.91 Å². The van der Waals surface area contributed by atoms with Gasteiger partial charge in [-0.05, 0) is 17.2 Å². The van der Waals surface area contributed by atoms with Crippen molar-refractivity contribution in [3.63, 3.8) is 0 Å². The minimum atomic E-state index is -0.0719. The Morgan fingerprint density at radius 3 is 2.38 bits per heavy atom. The Morgan fingerprint density at radius 1 is 0.812 bits per heavy atom. The molecule has 0 aliphatic carbocycles. The summed E-state index contributed by atoms with van der Waals surface area (Å²) >= 11 is 0. The van der Waals surface area contributed by atoms with E-state index in [1.807, 2.05) is 48.5 Å². The molecule has 2 aromatic carbocycles. The summed E-state index contributed by atoms with van der Waals surface area (Å²) in [6.45, 7) is 0. The van der Waals surface area contributed by atoms with Gasteiger partial charge in [-0.1, -0.05) is 42.5 Å². The zero-order valence-electron chi connectivity index (χ0n) is 8.60. The molecule has 2 aromatic rings. The molecule has 77 valence electrons. The highest BCUT2D eigenvalue weighted by Gasteiger charge is 2.17. The quantitative estimate of drug-likeness (QED) is 0.708. The fourth-order valence-electron chi connectivity index (χ4n) is 2.01. The number of rotatable bonds is 0. The molecule has 0 aromatic heterocycles. The van der Waals surface area contributed by atoms with Crippen LogP contribution in [0.5, 0.6) is 0 Å². The summed E-state index contributed by atoms with van der Waals surface area (Å²) < 4.78 is 0. The van der Waals surface area contributed by atoms with E-state index in [9.17, 15) is 4.79 Å². The van der Waals surface area contributed by atoms with Gasteiger partial charge < -0.3 is 5.32 Å². The Balaban J connectivity index is 2.30. The van der Waals surface area contributed by atoms with Crippen molar-refractivity contribution in [1.82, 2.24) is 0 Å². The van der Waals surface area contributed by atoms with Crippen LogP contribution in [-0.2, 0) is 4.79 Å². The highest BCUT2D eigenvalue weighted by molar-refractivity contribution is 6.06. The van der Waals surface area contributed by atoms with Crippen molar-refractivity contribution in [3.8, 4) is 11.1 Å². The number of carbonyl (C=O) groups excluding carboxylic acids is 1. The van der Waals surface area contributed by atoms with E-state index >= 15 is 0 Å². The topological polar surface area (TPSA) is 29.1 Å². The van der Waals surface area contributed by atoms with Crippen LogP contribution in [0.4, 0.5) is 5.69 Å². The lowest BCUT2D eigenvalue weighted by Crippen LogP contribution is -2.10. The number of carbonyl (C=O) groups is 1. The van der Waals surface area contributed by atoms with E-state index in [-0.39, 0.29) is 5.91 Å². The van der Waals surface area contributed by atoms with Crippen LogP contribution in [0, 0.1) is 6.42 Å². The van der Waals surface area contributed by atoms with E-state index in [0.717, 1.165) is 22.4 Å². The summed E-state index contributed by atoms with van der Waals surface area (Å²) in [5, 5.41) is 2.87. The number of nitrogens with one attached hydrogen (secondary N) is 1. The van der Waals surface area contributed by atoms with Crippen LogP contribution in [0.1, 0.15) is 5.56 Å². The van der Waals surface area contributed by atoms with Crippen LogP contribution in [-0.4, -0.2) is 5.91 Å². The van der Waals surface area contributed by atoms with Gasteiger partial charge in [0, 0.05) is 11.3 Å². The van der Waals surface area contributed by atoms with Crippen molar-refractivity contribution >= 4 is 11.6 Å². The van der Waals surface area contributed by atoms with E-state index < -0.39 is 0 Å². The number of hydrogen-bond donors (Lipinski definition) is 1. The second-order valence-corrected chi connectivity index (χ2v) is 3.77. The van der Waals surface area contributed by atoms with Gasteiger partial charge in [-0.25, -0.2) is 0 Å². The molecule has 0 fully saturated rings. The van der Waals surface area contributed by atoms with Gasteiger partial charge in [-0.3, -0.25) is 4.79 Å². The standard InChI is InChI=1S/C14H10NO/c16-14-9-10-5-1-2-6-11(10)12-7-3-4-8-13(12)15-14/h1-9H,(H,15,16). The SMILES string of the molecule is O=C1[CH]c2ccccc2-c2ccccc2N1. The molecule has 1 amide bonds. The molecule has 1 aliphatic rings. The molecule has 0 unspecified atom stereocenters. The van der Waals surface area contributed by atoms with Crippen molar-refractivity contribution in [1.29, 1.82) is 0 Å². The minimum absolute atomic E-state index is 0.0719. The lowest BCUT2D eigenvalue weighted by molar-refractivity contribution is -0.112. The number of fused-ring (bicyclic) bond motifs is 3. The number of amides is 1. The van der Waals surface area contributed by atoms with Gasteiger partial charge in [0.15, 0.2) is 0 Å². The number of benzene rings is 2. The van der Waals surface area contributed by atoms with Gasteiger partial charge in [-0.15, -0.1) is 0 Å². The summed E-state index contributed by atoms with van der Waals surface area (Å²) in [6, 6.07) is 15.8. The fraction of sp³-hybridized carbons (Fsp3) is 0. The third kappa shape index (κ3) is 1.39. The molecule has 1 aliphatic heterocycles. The monoisotopic (exact) mass is 208 g/mol. The van der Waals surface area contributed by atoms with Gasteiger partial charge in [-0.2, -0.15) is 0 Å². The van der Waals surface area contributed by atoms with Crippen LogP contribution in [0.25, 0.3) is 11.1 Å². The molecule has 0 saturated carbocycles. The lowest BCUT2D eigenvalue weighted by Gasteiger charge is -2.07. The van der Waals surface area contributed by atoms with E-state index in [0.29, 0.717) is 0 Å². The second kappa shape index (κ2) is 3.49. The van der Waals surface area contributed by atoms with Gasteiger partial charge in [0.25, 0.3) is 0 Å². The first kappa shape index (κ1) is 9.16. The molecule has 3 rings (SSSR count). The molecule has 1 N–H and O–H groups in total. The molecule has 0 atom stereocenters. The zero-order chi connectivity index (χ0) is 11.0. The first-order valence-corrected chi connectivity index (χ1v) is 5.19. The Bertz CT molecular complexity index is 511. The highest BCUT2D eigenvalue weighted by Crippen LogP contribution is 2.33. The fourth-order valence-corrected chi connectivity index (χ4v) is 2.01. The molecule has 0 spiro atoms. The molecule has 1 radical (unpaired) electrons. The van der Waals surface area contributed by atoms with Crippen molar-refractivity contribution in [3.05, 3.63) is 60.5 Å². The maximum Gasteiger partial charge on any atom is 0.233 e. The molecule has 0 bridgehead atoms. The Kier molecular flexibility index (Phi) is 2.00. The first-order chi connectivity index (χ1) is 7.84. The maximum atomic E-state index is 11.6.